The van der Waals surface area contributed by atoms with Crippen molar-refractivity contribution in [2.75, 3.05) is 10.6 Å². The number of hydrogen-bond acceptors (Lipinski definition) is 5. The van der Waals surface area contributed by atoms with Gasteiger partial charge in [0.25, 0.3) is 5.91 Å². The van der Waals surface area contributed by atoms with E-state index in [1.165, 1.54) is 12.2 Å². The lowest BCUT2D eigenvalue weighted by Crippen LogP contribution is -2.32. The number of halogens is 2. The van der Waals surface area contributed by atoms with E-state index in [1.54, 1.807) is 66.7 Å². The highest BCUT2D eigenvalue weighted by Crippen LogP contribution is 2.29. The van der Waals surface area contributed by atoms with Gasteiger partial charge < -0.3 is 19.5 Å². The number of rotatable bonds is 6. The summed E-state index contributed by atoms with van der Waals surface area (Å²) in [4.78, 5) is 24.8. The second kappa shape index (κ2) is 11.6. The van der Waals surface area contributed by atoms with Crippen LogP contribution in [0.25, 0.3) is 28.4 Å². The highest BCUT2D eigenvalue weighted by Gasteiger charge is 2.12. The van der Waals surface area contributed by atoms with Crippen molar-refractivity contribution in [1.82, 2.24) is 5.32 Å². The molecule has 194 valence electrons. The van der Waals surface area contributed by atoms with Crippen LogP contribution in [0.3, 0.4) is 0 Å². The molecule has 0 saturated heterocycles. The molecule has 2 amide bonds. The van der Waals surface area contributed by atoms with Crippen LogP contribution in [0, 0.1) is 0 Å². The van der Waals surface area contributed by atoms with Crippen LogP contribution in [0.5, 0.6) is 0 Å². The number of amides is 2. The van der Waals surface area contributed by atoms with Crippen molar-refractivity contribution in [3.63, 3.8) is 0 Å². The third-order valence-electron chi connectivity index (χ3n) is 5.46. The molecule has 0 aliphatic carbocycles. The summed E-state index contributed by atoms with van der Waals surface area (Å²) in [7, 11) is 0. The van der Waals surface area contributed by atoms with E-state index >= 15 is 0 Å². The highest BCUT2D eigenvalue weighted by atomic mass is 35.5. The Kier molecular flexibility index (Phi) is 7.79. The van der Waals surface area contributed by atoms with Gasteiger partial charge >= 0.3 is 0 Å². The molecule has 0 saturated carbocycles. The lowest BCUT2D eigenvalue weighted by Gasteiger charge is -2.09. The second-order valence-corrected chi connectivity index (χ2v) is 9.60. The van der Waals surface area contributed by atoms with E-state index < -0.39 is 5.91 Å². The fraction of sp³-hybridized carbons (Fsp3) is 0. The zero-order chi connectivity index (χ0) is 27.4. The number of thiocarbonyl (C=S) groups is 1. The minimum Gasteiger partial charge on any atom is -0.457 e. The van der Waals surface area contributed by atoms with Gasteiger partial charge in [-0.2, -0.15) is 0 Å². The number of benzene rings is 3. The Labute approximate surface area is 238 Å². The topological polar surface area (TPSA) is 96.5 Å². The van der Waals surface area contributed by atoms with Crippen molar-refractivity contribution in [1.29, 1.82) is 0 Å². The van der Waals surface area contributed by atoms with Gasteiger partial charge in [-0.25, -0.2) is 0 Å². The molecule has 0 aliphatic heterocycles. The molecule has 7 nitrogen and oxygen atoms in total. The predicted molar refractivity (Wildman–Crippen MR) is 158 cm³/mol. The Bertz CT molecular complexity index is 1670. The van der Waals surface area contributed by atoms with Gasteiger partial charge in [-0.1, -0.05) is 41.4 Å². The van der Waals surface area contributed by atoms with Crippen molar-refractivity contribution in [3.8, 4) is 11.3 Å². The maximum atomic E-state index is 12.5. The van der Waals surface area contributed by atoms with Crippen molar-refractivity contribution in [2.45, 2.75) is 0 Å². The summed E-state index contributed by atoms with van der Waals surface area (Å²) in [5.41, 5.74) is 2.56. The summed E-state index contributed by atoms with van der Waals surface area (Å²) in [6.07, 6.45) is 2.82. The molecule has 10 heteroatoms. The third kappa shape index (κ3) is 6.74. The van der Waals surface area contributed by atoms with Crippen molar-refractivity contribution in [2.24, 2.45) is 0 Å². The smallest absolute Gasteiger partial charge is 0.291 e. The van der Waals surface area contributed by atoms with Gasteiger partial charge in [0.1, 0.15) is 17.1 Å². The summed E-state index contributed by atoms with van der Waals surface area (Å²) in [5, 5.41) is 10.2. The van der Waals surface area contributed by atoms with Crippen LogP contribution in [0.2, 0.25) is 10.0 Å². The summed E-state index contributed by atoms with van der Waals surface area (Å²) in [6, 6.07) is 24.5. The van der Waals surface area contributed by atoms with Crippen molar-refractivity contribution < 1.29 is 18.4 Å². The molecule has 0 atom stereocenters. The number of para-hydroxylation sites is 1. The van der Waals surface area contributed by atoms with Crippen molar-refractivity contribution >= 4 is 80.8 Å². The molecule has 0 aliphatic rings. The first-order chi connectivity index (χ1) is 18.8. The molecule has 5 rings (SSSR count). The minimum atomic E-state index is -0.439. The van der Waals surface area contributed by atoms with Gasteiger partial charge in [0.2, 0.25) is 5.91 Å². The van der Waals surface area contributed by atoms with Gasteiger partial charge in [-0.15, -0.1) is 0 Å². The maximum absolute atomic E-state index is 12.5. The minimum absolute atomic E-state index is 0.109. The van der Waals surface area contributed by atoms with Crippen LogP contribution >= 0.6 is 35.4 Å². The first-order valence-corrected chi connectivity index (χ1v) is 12.8. The molecule has 2 heterocycles. The van der Waals surface area contributed by atoms with Gasteiger partial charge in [-0.05, 0) is 85.0 Å². The van der Waals surface area contributed by atoms with Crippen molar-refractivity contribution in [3.05, 3.63) is 113 Å². The zero-order valence-corrected chi connectivity index (χ0v) is 22.4. The molecule has 0 radical (unpaired) electrons. The first kappa shape index (κ1) is 26.2. The van der Waals surface area contributed by atoms with Crippen LogP contribution < -0.4 is 16.0 Å². The Morgan fingerprint density at radius 3 is 2.21 bits per heavy atom. The van der Waals surface area contributed by atoms with Gasteiger partial charge in [0.15, 0.2) is 10.9 Å². The highest BCUT2D eigenvalue weighted by molar-refractivity contribution is 7.80. The lowest BCUT2D eigenvalue weighted by atomic mass is 10.2. The standard InChI is InChI=1S/C29H19Cl2N3O4S/c30-19-13-18(14-20(31)16-19)25-11-9-23(37-25)10-12-27(35)34-29(39)33-22-7-5-21(6-8-22)32-28(36)26-15-17-3-1-2-4-24(17)38-26/h1-16H,(H,32,36)(H2,33,34,35,39)/b12-10+. The monoisotopic (exact) mass is 575 g/mol. The molecule has 0 spiro atoms. The number of anilines is 2. The summed E-state index contributed by atoms with van der Waals surface area (Å²) in [5.74, 6) is 0.451. The predicted octanol–water partition coefficient (Wildman–Crippen LogP) is 7.78. The molecule has 0 unspecified atom stereocenters. The summed E-state index contributed by atoms with van der Waals surface area (Å²) < 4.78 is 11.3. The molecule has 3 N–H and O–H groups in total. The number of fused-ring (bicyclic) bond motifs is 1. The molecule has 39 heavy (non-hydrogen) atoms. The lowest BCUT2D eigenvalue weighted by molar-refractivity contribution is -0.115. The molecule has 0 fully saturated rings. The number of carbonyl (C=O) groups is 2. The first-order valence-electron chi connectivity index (χ1n) is 11.6. The number of nitrogens with one attached hydrogen (secondary N) is 3. The zero-order valence-electron chi connectivity index (χ0n) is 20.0. The van der Waals surface area contributed by atoms with Crippen LogP contribution in [0.4, 0.5) is 11.4 Å². The number of hydrogen-bond donors (Lipinski definition) is 3. The maximum Gasteiger partial charge on any atom is 0.291 e. The third-order valence-corrected chi connectivity index (χ3v) is 6.10. The van der Waals surface area contributed by atoms with E-state index in [0.29, 0.717) is 38.5 Å². The molecule has 2 aromatic heterocycles. The van der Waals surface area contributed by atoms with E-state index in [4.69, 9.17) is 44.3 Å². The van der Waals surface area contributed by atoms with Crippen LogP contribution in [-0.4, -0.2) is 16.9 Å². The van der Waals surface area contributed by atoms with E-state index in [-0.39, 0.29) is 16.8 Å². The average molecular weight is 576 g/mol. The van der Waals surface area contributed by atoms with Crippen LogP contribution in [-0.2, 0) is 4.79 Å². The number of furan rings is 2. The number of carbonyl (C=O) groups excluding carboxylic acids is 2. The Morgan fingerprint density at radius 1 is 0.795 bits per heavy atom. The fourth-order valence-electron chi connectivity index (χ4n) is 3.69. The molecular formula is C29H19Cl2N3O4S. The van der Waals surface area contributed by atoms with E-state index in [0.717, 1.165) is 10.9 Å². The van der Waals surface area contributed by atoms with Crippen LogP contribution in [0.1, 0.15) is 16.3 Å². The van der Waals surface area contributed by atoms with E-state index in [1.807, 2.05) is 18.2 Å². The van der Waals surface area contributed by atoms with E-state index in [2.05, 4.69) is 16.0 Å². The average Bonchev–Trinajstić information content (AvgIpc) is 3.55. The quantitative estimate of drug-likeness (QED) is 0.141. The normalized spacial score (nSPS) is 11.0. The Morgan fingerprint density at radius 2 is 1.49 bits per heavy atom. The van der Waals surface area contributed by atoms with E-state index in [9.17, 15) is 9.59 Å². The van der Waals surface area contributed by atoms with Gasteiger partial charge in [0.05, 0.1) is 0 Å². The molecule has 0 bridgehead atoms. The van der Waals surface area contributed by atoms with Gasteiger partial charge in [-0.3, -0.25) is 14.9 Å². The Hall–Kier alpha value is -4.37. The molecule has 5 aromatic rings. The van der Waals surface area contributed by atoms with Gasteiger partial charge in [0, 0.05) is 38.4 Å². The van der Waals surface area contributed by atoms with Crippen LogP contribution in [0.15, 0.2) is 99.8 Å². The SMILES string of the molecule is O=C(/C=C/c1ccc(-c2cc(Cl)cc(Cl)c2)o1)NC(=S)Nc1ccc(NC(=O)c2cc3ccccc3o2)cc1. The molecular weight excluding hydrogens is 557 g/mol. The summed E-state index contributed by atoms with van der Waals surface area (Å²) in [6.45, 7) is 0. The molecule has 3 aromatic carbocycles. The largest absolute Gasteiger partial charge is 0.457 e. The Balaban J connectivity index is 1.12. The second-order valence-electron chi connectivity index (χ2n) is 8.32. The fourth-order valence-corrected chi connectivity index (χ4v) is 4.44. The summed E-state index contributed by atoms with van der Waals surface area (Å²) >= 11 is 17.3.